The molecule has 1 saturated heterocycles. The van der Waals surface area contributed by atoms with Gasteiger partial charge < -0.3 is 15.0 Å². The van der Waals surface area contributed by atoms with Crippen LogP contribution in [0.4, 0.5) is 10.5 Å². The minimum Gasteiger partial charge on any atom is -0.370 e. The van der Waals surface area contributed by atoms with Gasteiger partial charge in [0.2, 0.25) is 0 Å². The number of aryl methyl sites for hydroxylation is 1. The largest absolute Gasteiger partial charge is 0.370 e. The standard InChI is InChI=1S/C18H19ClN2O2/c1-13-4-2-3-5-16(13)17-12-21(10-11-23-17)18(22)20-15-8-6-14(19)7-9-15/h2-9,17H,10-12H2,1H3,(H,20,22). The highest BCUT2D eigenvalue weighted by atomic mass is 35.5. The number of halogens is 1. The van der Waals surface area contributed by atoms with E-state index in [1.54, 1.807) is 29.2 Å². The number of carbonyl (C=O) groups excluding carboxylic acids is 1. The first-order chi connectivity index (χ1) is 11.1. The predicted molar refractivity (Wildman–Crippen MR) is 91.9 cm³/mol. The summed E-state index contributed by atoms with van der Waals surface area (Å²) in [5, 5.41) is 3.55. The molecule has 120 valence electrons. The van der Waals surface area contributed by atoms with E-state index < -0.39 is 0 Å². The molecule has 1 aliphatic rings. The van der Waals surface area contributed by atoms with Crippen molar-refractivity contribution < 1.29 is 9.53 Å². The minimum atomic E-state index is -0.116. The van der Waals surface area contributed by atoms with E-state index in [1.165, 1.54) is 5.56 Å². The quantitative estimate of drug-likeness (QED) is 0.894. The van der Waals surface area contributed by atoms with Crippen molar-refractivity contribution in [3.63, 3.8) is 0 Å². The molecule has 0 saturated carbocycles. The van der Waals surface area contributed by atoms with Crippen molar-refractivity contribution >= 4 is 23.3 Å². The fraction of sp³-hybridized carbons (Fsp3) is 0.278. The van der Waals surface area contributed by atoms with Crippen molar-refractivity contribution in [2.75, 3.05) is 25.0 Å². The molecule has 1 heterocycles. The Hall–Kier alpha value is -2.04. The van der Waals surface area contributed by atoms with Gasteiger partial charge in [0, 0.05) is 17.3 Å². The third kappa shape index (κ3) is 3.84. The summed E-state index contributed by atoms with van der Waals surface area (Å²) in [5.74, 6) is 0. The second-order valence-corrected chi connectivity index (χ2v) is 6.04. The monoisotopic (exact) mass is 330 g/mol. The summed E-state index contributed by atoms with van der Waals surface area (Å²) in [6.07, 6.45) is -0.0825. The lowest BCUT2D eigenvalue weighted by Gasteiger charge is -2.33. The number of morpholine rings is 1. The summed E-state index contributed by atoms with van der Waals surface area (Å²) in [5.41, 5.74) is 3.05. The van der Waals surface area contributed by atoms with Gasteiger partial charge in [0.1, 0.15) is 6.10 Å². The van der Waals surface area contributed by atoms with Gasteiger partial charge in [-0.15, -0.1) is 0 Å². The van der Waals surface area contributed by atoms with Crippen LogP contribution in [0.3, 0.4) is 0 Å². The molecular weight excluding hydrogens is 312 g/mol. The molecule has 4 nitrogen and oxygen atoms in total. The van der Waals surface area contributed by atoms with E-state index in [0.29, 0.717) is 24.7 Å². The van der Waals surface area contributed by atoms with Crippen LogP contribution in [0.15, 0.2) is 48.5 Å². The lowest BCUT2D eigenvalue weighted by Crippen LogP contribution is -2.44. The third-order valence-corrected chi connectivity index (χ3v) is 4.24. The first-order valence-corrected chi connectivity index (χ1v) is 8.00. The number of nitrogens with zero attached hydrogens (tertiary/aromatic N) is 1. The van der Waals surface area contributed by atoms with Gasteiger partial charge in [0.05, 0.1) is 13.2 Å². The zero-order chi connectivity index (χ0) is 16.2. The second-order valence-electron chi connectivity index (χ2n) is 5.60. The Labute approximate surface area is 141 Å². The lowest BCUT2D eigenvalue weighted by atomic mass is 10.0. The maximum absolute atomic E-state index is 12.4. The van der Waals surface area contributed by atoms with Crippen LogP contribution in [0, 0.1) is 6.92 Å². The Kier molecular flexibility index (Phi) is 4.84. The van der Waals surface area contributed by atoms with E-state index in [1.807, 2.05) is 12.1 Å². The number of carbonyl (C=O) groups is 1. The normalized spacial score (nSPS) is 17.8. The van der Waals surface area contributed by atoms with Gasteiger partial charge in [-0.1, -0.05) is 35.9 Å². The number of hydrogen-bond donors (Lipinski definition) is 1. The number of hydrogen-bond acceptors (Lipinski definition) is 2. The molecule has 3 rings (SSSR count). The van der Waals surface area contributed by atoms with Gasteiger partial charge in [-0.3, -0.25) is 0 Å². The Morgan fingerprint density at radius 3 is 2.70 bits per heavy atom. The summed E-state index contributed by atoms with van der Waals surface area (Å²) in [6.45, 7) is 3.73. The number of nitrogens with one attached hydrogen (secondary N) is 1. The van der Waals surface area contributed by atoms with Gasteiger partial charge >= 0.3 is 6.03 Å². The van der Waals surface area contributed by atoms with Crippen molar-refractivity contribution in [2.24, 2.45) is 0 Å². The molecule has 1 aliphatic heterocycles. The summed E-state index contributed by atoms with van der Waals surface area (Å²) in [6, 6.07) is 15.1. The average molecular weight is 331 g/mol. The van der Waals surface area contributed by atoms with Crippen molar-refractivity contribution in [1.82, 2.24) is 4.90 Å². The fourth-order valence-corrected chi connectivity index (χ4v) is 2.83. The van der Waals surface area contributed by atoms with E-state index in [2.05, 4.69) is 24.4 Å². The van der Waals surface area contributed by atoms with E-state index in [0.717, 1.165) is 11.3 Å². The van der Waals surface area contributed by atoms with E-state index in [4.69, 9.17) is 16.3 Å². The molecule has 23 heavy (non-hydrogen) atoms. The van der Waals surface area contributed by atoms with Crippen LogP contribution in [0.1, 0.15) is 17.2 Å². The van der Waals surface area contributed by atoms with Gasteiger partial charge in [-0.25, -0.2) is 4.79 Å². The van der Waals surface area contributed by atoms with Crippen molar-refractivity contribution in [3.05, 3.63) is 64.7 Å². The summed E-state index contributed by atoms with van der Waals surface area (Å²) < 4.78 is 5.85. The summed E-state index contributed by atoms with van der Waals surface area (Å²) in [7, 11) is 0. The molecular formula is C18H19ClN2O2. The summed E-state index contributed by atoms with van der Waals surface area (Å²) in [4.78, 5) is 14.2. The molecule has 0 spiro atoms. The van der Waals surface area contributed by atoms with Crippen molar-refractivity contribution in [3.8, 4) is 0 Å². The zero-order valence-electron chi connectivity index (χ0n) is 13.0. The number of anilines is 1. The Balaban J connectivity index is 1.67. The Morgan fingerprint density at radius 2 is 1.96 bits per heavy atom. The lowest BCUT2D eigenvalue weighted by molar-refractivity contribution is -0.0138. The molecule has 1 unspecified atom stereocenters. The van der Waals surface area contributed by atoms with Gasteiger partial charge in [0.25, 0.3) is 0 Å². The fourth-order valence-electron chi connectivity index (χ4n) is 2.71. The molecule has 2 aromatic carbocycles. The van der Waals surface area contributed by atoms with Crippen molar-refractivity contribution in [1.29, 1.82) is 0 Å². The van der Waals surface area contributed by atoms with Crippen LogP contribution in [0.2, 0.25) is 5.02 Å². The molecule has 5 heteroatoms. The maximum atomic E-state index is 12.4. The number of amides is 2. The van der Waals surface area contributed by atoms with Crippen LogP contribution in [-0.2, 0) is 4.74 Å². The molecule has 1 atom stereocenters. The highest BCUT2D eigenvalue weighted by Gasteiger charge is 2.26. The highest BCUT2D eigenvalue weighted by molar-refractivity contribution is 6.30. The number of rotatable bonds is 2. The van der Waals surface area contributed by atoms with Gasteiger partial charge in [0.15, 0.2) is 0 Å². The molecule has 1 N–H and O–H groups in total. The summed E-state index contributed by atoms with van der Waals surface area (Å²) >= 11 is 5.86. The maximum Gasteiger partial charge on any atom is 0.322 e. The molecule has 0 bridgehead atoms. The topological polar surface area (TPSA) is 41.6 Å². The molecule has 2 amide bonds. The zero-order valence-corrected chi connectivity index (χ0v) is 13.7. The second kappa shape index (κ2) is 7.02. The first-order valence-electron chi connectivity index (χ1n) is 7.62. The minimum absolute atomic E-state index is 0.0825. The Morgan fingerprint density at radius 1 is 1.22 bits per heavy atom. The highest BCUT2D eigenvalue weighted by Crippen LogP contribution is 2.25. The van der Waals surface area contributed by atoms with Crippen LogP contribution in [0.25, 0.3) is 0 Å². The van der Waals surface area contributed by atoms with Crippen LogP contribution in [0.5, 0.6) is 0 Å². The average Bonchev–Trinajstić information content (AvgIpc) is 2.57. The van der Waals surface area contributed by atoms with Gasteiger partial charge in [-0.05, 0) is 42.3 Å². The molecule has 1 fully saturated rings. The van der Waals surface area contributed by atoms with E-state index in [9.17, 15) is 4.79 Å². The number of benzene rings is 2. The number of ether oxygens (including phenoxy) is 1. The SMILES string of the molecule is Cc1ccccc1C1CN(C(=O)Nc2ccc(Cl)cc2)CCO1. The molecule has 2 aromatic rings. The molecule has 0 aromatic heterocycles. The van der Waals surface area contributed by atoms with Gasteiger partial charge in [-0.2, -0.15) is 0 Å². The van der Waals surface area contributed by atoms with E-state index in [-0.39, 0.29) is 12.1 Å². The van der Waals surface area contributed by atoms with Crippen LogP contribution < -0.4 is 5.32 Å². The molecule has 0 aliphatic carbocycles. The van der Waals surface area contributed by atoms with Crippen LogP contribution in [-0.4, -0.2) is 30.6 Å². The van der Waals surface area contributed by atoms with E-state index >= 15 is 0 Å². The number of urea groups is 1. The first kappa shape index (κ1) is 15.8. The van der Waals surface area contributed by atoms with Crippen LogP contribution >= 0.6 is 11.6 Å². The van der Waals surface area contributed by atoms with Crippen molar-refractivity contribution in [2.45, 2.75) is 13.0 Å². The Bertz CT molecular complexity index is 688. The predicted octanol–water partition coefficient (Wildman–Crippen LogP) is 4.25. The third-order valence-electron chi connectivity index (χ3n) is 3.98. The molecule has 0 radical (unpaired) electrons. The smallest absolute Gasteiger partial charge is 0.322 e.